The van der Waals surface area contributed by atoms with Crippen molar-refractivity contribution in [3.05, 3.63) is 97.1 Å². The average Bonchev–Trinajstić information content (AvgIpc) is 3.60. The maximum Gasteiger partial charge on any atom is 0.310 e. The summed E-state index contributed by atoms with van der Waals surface area (Å²) >= 11 is 5.37. The van der Waals surface area contributed by atoms with Gasteiger partial charge >= 0.3 is 5.97 Å². The molecule has 42 heavy (non-hydrogen) atoms. The highest BCUT2D eigenvalue weighted by Crippen LogP contribution is 2.68. The number of amides is 2. The molecule has 2 amide bonds. The minimum absolute atomic E-state index is 0.0672. The van der Waals surface area contributed by atoms with Gasteiger partial charge in [0.25, 0.3) is 0 Å². The van der Waals surface area contributed by atoms with Gasteiger partial charge in [-0.2, -0.15) is 0 Å². The Morgan fingerprint density at radius 3 is 2.40 bits per heavy atom. The number of hydrogen-bond donors (Lipinski definition) is 1. The molecule has 3 aliphatic rings. The Bertz CT molecular complexity index is 1310. The average molecular weight is 654 g/mol. The van der Waals surface area contributed by atoms with Gasteiger partial charge in [0.2, 0.25) is 11.8 Å². The normalized spacial score (nSPS) is 28.3. The first-order valence-corrected chi connectivity index (χ1v) is 16.2. The number of aliphatic hydroxyl groups excluding tert-OH is 1. The van der Waals surface area contributed by atoms with E-state index in [1.807, 2.05) is 60.7 Å². The Hall–Kier alpha value is -2.88. The molecule has 0 radical (unpaired) electrons. The van der Waals surface area contributed by atoms with Gasteiger partial charge in [0.15, 0.2) is 0 Å². The van der Waals surface area contributed by atoms with E-state index < -0.39 is 34.6 Å². The molecule has 3 heterocycles. The molecule has 9 heteroatoms. The van der Waals surface area contributed by atoms with E-state index in [2.05, 4.69) is 29.1 Å². The zero-order valence-electron chi connectivity index (χ0n) is 23.5. The summed E-state index contributed by atoms with van der Waals surface area (Å²) < 4.78 is 4.79. The number of halogens is 1. The number of ether oxygens (including phenoxy) is 1. The van der Waals surface area contributed by atoms with Gasteiger partial charge in [-0.05, 0) is 30.4 Å². The fraction of sp³-hybridized carbons (Fsp3) is 0.424. The molecule has 2 bridgehead atoms. The molecule has 0 aliphatic carbocycles. The number of carbonyl (C=O) groups is 3. The Kier molecular flexibility index (Phi) is 9.60. The van der Waals surface area contributed by atoms with Crippen LogP contribution in [0.1, 0.15) is 24.0 Å². The molecule has 222 valence electrons. The molecule has 0 aromatic heterocycles. The highest BCUT2D eigenvalue weighted by Gasteiger charge is 2.76. The number of aliphatic hydroxyl groups is 1. The second-order valence-electron chi connectivity index (χ2n) is 11.2. The highest BCUT2D eigenvalue weighted by atomic mass is 79.9. The maximum atomic E-state index is 14.7. The van der Waals surface area contributed by atoms with Crippen LogP contribution >= 0.6 is 27.7 Å². The Morgan fingerprint density at radius 2 is 1.79 bits per heavy atom. The minimum atomic E-state index is -0.861. The molecule has 3 saturated heterocycles. The molecule has 2 aromatic carbocycles. The van der Waals surface area contributed by atoms with Crippen LogP contribution in [0.3, 0.4) is 0 Å². The minimum Gasteiger partial charge on any atom is -0.465 e. The zero-order chi connectivity index (χ0) is 29.9. The predicted octanol–water partition coefficient (Wildman–Crippen LogP) is 4.39. The van der Waals surface area contributed by atoms with E-state index in [1.165, 1.54) is 0 Å². The number of esters is 1. The Balaban J connectivity index is 1.56. The Labute approximate surface area is 260 Å². The largest absolute Gasteiger partial charge is 0.465 e. The third kappa shape index (κ3) is 5.58. The summed E-state index contributed by atoms with van der Waals surface area (Å²) in [6.07, 6.45) is 4.83. The highest BCUT2D eigenvalue weighted by molar-refractivity contribution is 9.09. The fourth-order valence-electron chi connectivity index (χ4n) is 6.85. The van der Waals surface area contributed by atoms with Crippen LogP contribution in [-0.4, -0.2) is 79.4 Å². The number of thioether (sulfide) groups is 1. The predicted molar refractivity (Wildman–Crippen MR) is 168 cm³/mol. The van der Waals surface area contributed by atoms with E-state index in [4.69, 9.17) is 4.74 Å². The molecular formula is C33H37BrN2O5S. The molecule has 5 rings (SSSR count). The second kappa shape index (κ2) is 13.2. The van der Waals surface area contributed by atoms with Gasteiger partial charge in [-0.3, -0.25) is 14.4 Å². The van der Waals surface area contributed by atoms with Crippen molar-refractivity contribution < 1.29 is 24.2 Å². The number of carbonyl (C=O) groups excluding carboxylic acids is 3. The summed E-state index contributed by atoms with van der Waals surface area (Å²) in [5.41, 5.74) is 1.92. The van der Waals surface area contributed by atoms with E-state index in [0.29, 0.717) is 32.4 Å². The molecule has 1 N–H and O–H groups in total. The summed E-state index contributed by atoms with van der Waals surface area (Å²) in [5, 5.41) is 10.5. The number of fused-ring (bicyclic) bond motifs is 1. The first kappa shape index (κ1) is 30.6. The van der Waals surface area contributed by atoms with Crippen LogP contribution in [0, 0.1) is 11.8 Å². The number of rotatable bonds is 13. The van der Waals surface area contributed by atoms with Gasteiger partial charge in [-0.1, -0.05) is 88.7 Å². The van der Waals surface area contributed by atoms with Crippen molar-refractivity contribution in [2.24, 2.45) is 11.8 Å². The molecule has 3 fully saturated rings. The van der Waals surface area contributed by atoms with Crippen LogP contribution in [-0.2, 0) is 32.1 Å². The van der Waals surface area contributed by atoms with Crippen molar-refractivity contribution in [1.82, 2.24) is 9.80 Å². The summed E-state index contributed by atoms with van der Waals surface area (Å²) in [6, 6.07) is 17.9. The third-order valence-electron chi connectivity index (χ3n) is 8.60. The van der Waals surface area contributed by atoms with Crippen LogP contribution in [0.25, 0.3) is 0 Å². The lowest BCUT2D eigenvalue weighted by molar-refractivity contribution is -0.154. The number of benzene rings is 2. The summed E-state index contributed by atoms with van der Waals surface area (Å²) in [7, 11) is 0. The van der Waals surface area contributed by atoms with E-state index in [1.54, 1.807) is 33.7 Å². The van der Waals surface area contributed by atoms with Gasteiger partial charge < -0.3 is 19.6 Å². The topological polar surface area (TPSA) is 87.2 Å². The van der Waals surface area contributed by atoms with Crippen LogP contribution in [0.2, 0.25) is 0 Å². The molecule has 1 spiro atoms. The summed E-state index contributed by atoms with van der Waals surface area (Å²) in [4.78, 5) is 46.1. The fourth-order valence-corrected chi connectivity index (χ4v) is 10.4. The zero-order valence-corrected chi connectivity index (χ0v) is 25.9. The number of alkyl halides is 1. The van der Waals surface area contributed by atoms with Crippen LogP contribution < -0.4 is 0 Å². The number of nitrogens with zero attached hydrogens (tertiary/aromatic N) is 2. The van der Waals surface area contributed by atoms with Crippen LogP contribution in [0.4, 0.5) is 0 Å². The molecule has 2 aromatic rings. The monoisotopic (exact) mass is 652 g/mol. The lowest BCUT2D eigenvalue weighted by Gasteiger charge is -2.40. The molecular weight excluding hydrogens is 616 g/mol. The standard InChI is InChI=1S/C33H37BrN2O5S/c1-3-5-17-41-32(40)26-27-30(38)36(24(21-37)18-22-12-8-6-9-13-22)29(33(27)19-25(34)28(26)42-33)31(39)35(16-4-2)20-23-14-10-7-11-15-23/h3-4,6-15,24-29,37H,1-2,5,16-21H2/t24-,25?,26-,27+,28-,29?,33?/m1/s1. The molecule has 7 atom stereocenters. The van der Waals surface area contributed by atoms with Gasteiger partial charge in [0.05, 0.1) is 35.8 Å². The second-order valence-corrected chi connectivity index (χ2v) is 13.9. The van der Waals surface area contributed by atoms with Crippen molar-refractivity contribution in [3.8, 4) is 0 Å². The molecule has 0 saturated carbocycles. The van der Waals surface area contributed by atoms with Crippen LogP contribution in [0.15, 0.2) is 86.0 Å². The first-order chi connectivity index (χ1) is 20.4. The lowest BCUT2D eigenvalue weighted by Crippen LogP contribution is -2.58. The number of likely N-dealkylation sites (tertiary alicyclic amines) is 1. The lowest BCUT2D eigenvalue weighted by atomic mass is 9.71. The SMILES string of the molecule is C=CCCOC(=O)[C@H]1[C@@H]2SC3(CC2Br)C(C(=O)N(CC=C)Cc2ccccc2)N([C@@H](CO)Cc2ccccc2)C(=O)[C@H]13. The van der Waals surface area contributed by atoms with Crippen molar-refractivity contribution in [2.75, 3.05) is 19.8 Å². The quantitative estimate of drug-likeness (QED) is 0.150. The van der Waals surface area contributed by atoms with Gasteiger partial charge in [-0.25, -0.2) is 0 Å². The summed E-state index contributed by atoms with van der Waals surface area (Å²) in [6.45, 7) is 8.13. The van der Waals surface area contributed by atoms with Gasteiger partial charge in [-0.15, -0.1) is 24.9 Å². The van der Waals surface area contributed by atoms with Gasteiger partial charge in [0, 0.05) is 23.2 Å². The summed E-state index contributed by atoms with van der Waals surface area (Å²) in [5.74, 6) is -2.29. The number of hydrogen-bond acceptors (Lipinski definition) is 6. The van der Waals surface area contributed by atoms with Crippen molar-refractivity contribution in [3.63, 3.8) is 0 Å². The smallest absolute Gasteiger partial charge is 0.310 e. The van der Waals surface area contributed by atoms with Gasteiger partial charge in [0.1, 0.15) is 6.04 Å². The van der Waals surface area contributed by atoms with Crippen molar-refractivity contribution in [2.45, 2.75) is 52.7 Å². The molecule has 3 unspecified atom stereocenters. The van der Waals surface area contributed by atoms with E-state index >= 15 is 0 Å². The third-order valence-corrected chi connectivity index (χ3v) is 11.8. The molecule has 7 nitrogen and oxygen atoms in total. The van der Waals surface area contributed by atoms with Crippen molar-refractivity contribution in [1.29, 1.82) is 0 Å². The van der Waals surface area contributed by atoms with Crippen molar-refractivity contribution >= 4 is 45.5 Å². The van der Waals surface area contributed by atoms with E-state index in [9.17, 15) is 19.5 Å². The van der Waals surface area contributed by atoms with E-state index in [0.717, 1.165) is 11.1 Å². The first-order valence-electron chi connectivity index (χ1n) is 14.4. The molecule has 3 aliphatic heterocycles. The van der Waals surface area contributed by atoms with Crippen LogP contribution in [0.5, 0.6) is 0 Å². The van der Waals surface area contributed by atoms with E-state index in [-0.39, 0.29) is 35.1 Å². The Morgan fingerprint density at radius 1 is 1.12 bits per heavy atom. The maximum absolute atomic E-state index is 14.7.